The number of fused-ring (bicyclic) bond motifs is 1. The molecule has 0 N–H and O–H groups in total. The lowest BCUT2D eigenvalue weighted by atomic mass is 9.97. The minimum Gasteiger partial charge on any atom is -0.348 e. The Bertz CT molecular complexity index is 559. The van der Waals surface area contributed by atoms with Crippen molar-refractivity contribution in [3.8, 4) is 0 Å². The summed E-state index contributed by atoms with van der Waals surface area (Å²) in [7, 11) is 0. The summed E-state index contributed by atoms with van der Waals surface area (Å²) in [4.78, 5) is 0. The molecule has 0 unspecified atom stereocenters. The van der Waals surface area contributed by atoms with Crippen LogP contribution in [0.25, 0.3) is 0 Å². The lowest BCUT2D eigenvalue weighted by molar-refractivity contribution is -0.226. The van der Waals surface area contributed by atoms with E-state index < -0.39 is 24.4 Å². The number of hydrogen-bond acceptors (Lipinski definition) is 8. The highest BCUT2D eigenvalue weighted by Gasteiger charge is 2.59. The monoisotopic (exact) mass is 394 g/mol. The lowest BCUT2D eigenvalue weighted by Crippen LogP contribution is -2.41. The van der Waals surface area contributed by atoms with Gasteiger partial charge in [-0.1, -0.05) is 0 Å². The Kier molecular flexibility index (Phi) is 4.84. The lowest BCUT2D eigenvalue weighted by Gasteiger charge is -2.33. The van der Waals surface area contributed by atoms with Gasteiger partial charge in [0.15, 0.2) is 24.4 Å². The van der Waals surface area contributed by atoms with Crippen molar-refractivity contribution in [3.63, 3.8) is 0 Å². The smallest absolute Gasteiger partial charge is 0.189 e. The van der Waals surface area contributed by atoms with Gasteiger partial charge in [0, 0.05) is 12.1 Å². The van der Waals surface area contributed by atoms with Gasteiger partial charge in [0.1, 0.15) is 12.2 Å². The first-order valence-electron chi connectivity index (χ1n) is 8.87. The van der Waals surface area contributed by atoms with Gasteiger partial charge in [-0.25, -0.2) is 0 Å². The molecule has 4 saturated heterocycles. The van der Waals surface area contributed by atoms with Gasteiger partial charge >= 0.3 is 0 Å². The topological polar surface area (TPSA) is 64.6 Å². The first-order valence-corrected chi connectivity index (χ1v) is 11.7. The summed E-state index contributed by atoms with van der Waals surface area (Å²) in [5.74, 6) is -1.31. The zero-order valence-electron chi connectivity index (χ0n) is 15.1. The van der Waals surface area contributed by atoms with Crippen LogP contribution in [0.1, 0.15) is 34.1 Å². The van der Waals surface area contributed by atoms with Gasteiger partial charge in [-0.3, -0.25) is 0 Å². The molecule has 0 aromatic heterocycles. The summed E-state index contributed by atoms with van der Waals surface area (Å²) in [6.45, 7) is 7.04. The van der Waals surface area contributed by atoms with Gasteiger partial charge < -0.3 is 32.7 Å². The first kappa shape index (κ1) is 18.7. The van der Waals surface area contributed by atoms with Gasteiger partial charge in [0.05, 0.1) is 25.9 Å². The van der Waals surface area contributed by atoms with Crippen molar-refractivity contribution < 1.29 is 32.7 Å². The van der Waals surface area contributed by atoms with E-state index in [1.165, 1.54) is 0 Å². The van der Waals surface area contributed by atoms with Crippen LogP contribution in [-0.2, 0) is 44.5 Å². The molecule has 9 heteroatoms. The van der Waals surface area contributed by atoms with Crippen LogP contribution in [0.3, 0.4) is 0 Å². The van der Waals surface area contributed by atoms with Crippen LogP contribution >= 0.6 is 6.49 Å². The van der Waals surface area contributed by atoms with Gasteiger partial charge in [0.2, 0.25) is 0 Å². The molecule has 4 heterocycles. The van der Waals surface area contributed by atoms with Crippen molar-refractivity contribution in [1.82, 2.24) is 0 Å². The highest BCUT2D eigenvalue weighted by molar-refractivity contribution is 8.09. The molecule has 0 spiro atoms. The predicted octanol–water partition coefficient (Wildman–Crippen LogP) is 2.38. The fourth-order valence-corrected chi connectivity index (χ4v) is 6.91. The summed E-state index contributed by atoms with van der Waals surface area (Å²) in [6.07, 6.45) is 0.433. The van der Waals surface area contributed by atoms with Gasteiger partial charge in [-0.15, -0.1) is 0 Å². The SMILES string of the molecule is CC1(C)O[C@H]2O[C@H]([C@H]3COC(C)(C)O3)[C@@H](CP3(=S)OCCCO3)[C@H]2O1. The molecule has 7 nitrogen and oxygen atoms in total. The molecule has 4 aliphatic rings. The number of rotatable bonds is 3. The van der Waals surface area contributed by atoms with Crippen LogP contribution in [0, 0.1) is 5.92 Å². The Morgan fingerprint density at radius 1 is 0.960 bits per heavy atom. The maximum absolute atomic E-state index is 6.21. The van der Waals surface area contributed by atoms with E-state index in [9.17, 15) is 0 Å². The Balaban J connectivity index is 1.55. The molecule has 5 atom stereocenters. The number of hydrogen-bond donors (Lipinski definition) is 0. The van der Waals surface area contributed by atoms with E-state index in [-0.39, 0.29) is 24.2 Å². The molecule has 0 aliphatic carbocycles. The molecule has 0 bridgehead atoms. The molecule has 4 fully saturated rings. The molecule has 25 heavy (non-hydrogen) atoms. The van der Waals surface area contributed by atoms with Crippen molar-refractivity contribution in [2.45, 2.75) is 70.3 Å². The highest BCUT2D eigenvalue weighted by Crippen LogP contribution is 2.56. The van der Waals surface area contributed by atoms with E-state index in [0.717, 1.165) is 6.42 Å². The van der Waals surface area contributed by atoms with E-state index in [0.29, 0.717) is 26.0 Å². The first-order chi connectivity index (χ1) is 11.7. The normalized spacial score (nSPS) is 44.7. The summed E-state index contributed by atoms with van der Waals surface area (Å²) in [5, 5.41) is 0. The minimum atomic E-state index is -2.34. The van der Waals surface area contributed by atoms with E-state index in [4.69, 9.17) is 44.5 Å². The second kappa shape index (κ2) is 6.47. The molecule has 0 radical (unpaired) electrons. The third-order valence-electron chi connectivity index (χ3n) is 4.92. The fraction of sp³-hybridized carbons (Fsp3) is 1.00. The molecule has 0 aromatic rings. The Morgan fingerprint density at radius 3 is 2.32 bits per heavy atom. The summed E-state index contributed by atoms with van der Waals surface area (Å²) in [6, 6.07) is 0. The minimum absolute atomic E-state index is 0.0155. The highest BCUT2D eigenvalue weighted by atomic mass is 32.5. The molecule has 144 valence electrons. The van der Waals surface area contributed by atoms with Gasteiger partial charge in [0.25, 0.3) is 0 Å². The predicted molar refractivity (Wildman–Crippen MR) is 92.8 cm³/mol. The summed E-state index contributed by atoms with van der Waals surface area (Å²) >= 11 is 5.72. The third kappa shape index (κ3) is 3.84. The van der Waals surface area contributed by atoms with Crippen LogP contribution in [0.15, 0.2) is 0 Å². The molecule has 0 amide bonds. The molecule has 4 aliphatic heterocycles. The molecular weight excluding hydrogens is 367 g/mol. The van der Waals surface area contributed by atoms with Gasteiger partial charge in [-0.2, -0.15) is 0 Å². The number of ether oxygens (including phenoxy) is 5. The third-order valence-corrected chi connectivity index (χ3v) is 8.02. The van der Waals surface area contributed by atoms with Crippen LogP contribution in [-0.4, -0.2) is 62.2 Å². The van der Waals surface area contributed by atoms with Crippen molar-refractivity contribution in [1.29, 1.82) is 0 Å². The zero-order valence-corrected chi connectivity index (χ0v) is 16.8. The summed E-state index contributed by atoms with van der Waals surface area (Å²) in [5.41, 5.74) is 0. The van der Waals surface area contributed by atoms with Gasteiger partial charge in [-0.05, 0) is 45.9 Å². The Morgan fingerprint density at radius 2 is 1.68 bits per heavy atom. The fourth-order valence-electron chi connectivity index (χ4n) is 3.91. The zero-order chi connectivity index (χ0) is 17.9. The molecule has 4 rings (SSSR count). The van der Waals surface area contributed by atoms with Crippen LogP contribution in [0.5, 0.6) is 0 Å². The van der Waals surface area contributed by atoms with Crippen molar-refractivity contribution in [3.05, 3.63) is 0 Å². The second-order valence-electron chi connectivity index (χ2n) is 7.91. The Hall–Kier alpha value is 0.370. The van der Waals surface area contributed by atoms with Crippen molar-refractivity contribution >= 4 is 18.3 Å². The van der Waals surface area contributed by atoms with E-state index in [1.54, 1.807) is 0 Å². The second-order valence-corrected chi connectivity index (χ2v) is 11.7. The van der Waals surface area contributed by atoms with Crippen molar-refractivity contribution in [2.75, 3.05) is 26.0 Å². The van der Waals surface area contributed by atoms with E-state index in [1.807, 2.05) is 27.7 Å². The Labute approximate surface area is 153 Å². The maximum atomic E-state index is 6.21. The standard InChI is InChI=1S/C16H27O7PS/c1-15(2)17-8-11(21-15)12-10(9-24(25)18-6-5-7-19-24)13-14(20-12)23-16(3,4)22-13/h10-14H,5-9H2,1-4H3/t10-,11-,12+,13-,14-/m1/s1. The molecule has 0 saturated carbocycles. The largest absolute Gasteiger partial charge is 0.348 e. The van der Waals surface area contributed by atoms with Crippen molar-refractivity contribution in [2.24, 2.45) is 5.92 Å². The molecule has 0 aromatic carbocycles. The van der Waals surface area contributed by atoms with Crippen LogP contribution in [0.4, 0.5) is 0 Å². The average Bonchev–Trinajstić information content (AvgIpc) is 3.11. The maximum Gasteiger partial charge on any atom is 0.189 e. The quantitative estimate of drug-likeness (QED) is 0.676. The van der Waals surface area contributed by atoms with E-state index in [2.05, 4.69) is 0 Å². The summed E-state index contributed by atoms with van der Waals surface area (Å²) < 4.78 is 41.7. The molecular formula is C16H27O7PS. The average molecular weight is 394 g/mol. The van der Waals surface area contributed by atoms with E-state index >= 15 is 0 Å². The van der Waals surface area contributed by atoms with Crippen LogP contribution in [0.2, 0.25) is 0 Å². The van der Waals surface area contributed by atoms with Crippen LogP contribution < -0.4 is 0 Å².